The van der Waals surface area contributed by atoms with Crippen LogP contribution in [0.5, 0.6) is 0 Å². The van der Waals surface area contributed by atoms with Gasteiger partial charge >= 0.3 is 0 Å². The zero-order valence-corrected chi connectivity index (χ0v) is 18.3. The van der Waals surface area contributed by atoms with Gasteiger partial charge in [-0.2, -0.15) is 11.8 Å². The first-order valence-electron chi connectivity index (χ1n) is 8.04. The summed E-state index contributed by atoms with van der Waals surface area (Å²) < 4.78 is 27.8. The Morgan fingerprint density at radius 2 is 2.00 bits per heavy atom. The number of benzene rings is 1. The number of hydrogen-bond acceptors (Lipinski definition) is 6. The summed E-state index contributed by atoms with van der Waals surface area (Å²) >= 11 is 14.9. The third-order valence-corrected chi connectivity index (χ3v) is 7.98. The van der Waals surface area contributed by atoms with Gasteiger partial charge in [-0.15, -0.1) is 11.3 Å². The number of rotatable bonds is 5. The summed E-state index contributed by atoms with van der Waals surface area (Å²) in [5.74, 6) is 1.89. The summed E-state index contributed by atoms with van der Waals surface area (Å²) in [6.45, 7) is 3.10. The standard InChI is InChI=1S/C16H17Cl2N3O3S3/c1-10-6-11(17)7-13(18)15(10)27(23,24)20-16-19-12(9-26-16)8-14(22)21-2-4-25-5-3-21/h6-7,9H,2-5,8H2,1H3,(H,19,20). The lowest BCUT2D eigenvalue weighted by atomic mass is 10.2. The van der Waals surface area contributed by atoms with Crippen LogP contribution in [0.3, 0.4) is 0 Å². The maximum Gasteiger partial charge on any atom is 0.265 e. The lowest BCUT2D eigenvalue weighted by Gasteiger charge is -2.26. The lowest BCUT2D eigenvalue weighted by molar-refractivity contribution is -0.130. The van der Waals surface area contributed by atoms with Gasteiger partial charge in [-0.1, -0.05) is 23.2 Å². The second kappa shape index (κ2) is 8.57. The predicted molar refractivity (Wildman–Crippen MR) is 112 cm³/mol. The molecule has 3 rings (SSSR count). The maximum absolute atomic E-state index is 12.7. The number of hydrogen-bond donors (Lipinski definition) is 1. The van der Waals surface area contributed by atoms with E-state index in [-0.39, 0.29) is 27.4 Å². The smallest absolute Gasteiger partial charge is 0.265 e. The average Bonchev–Trinajstić information content (AvgIpc) is 3.00. The fourth-order valence-corrected chi connectivity index (χ4v) is 6.76. The molecule has 1 N–H and O–H groups in total. The van der Waals surface area contributed by atoms with Crippen molar-refractivity contribution >= 4 is 67.4 Å². The molecular formula is C16H17Cl2N3O3S3. The number of aryl methyl sites for hydroxylation is 1. The minimum Gasteiger partial charge on any atom is -0.341 e. The average molecular weight is 466 g/mol. The van der Waals surface area contributed by atoms with Gasteiger partial charge in [0.25, 0.3) is 10.0 Å². The Morgan fingerprint density at radius 1 is 1.30 bits per heavy atom. The van der Waals surface area contributed by atoms with Gasteiger partial charge in [0.15, 0.2) is 5.13 Å². The molecule has 0 unspecified atom stereocenters. The molecule has 1 aliphatic heterocycles. The fraction of sp³-hybridized carbons (Fsp3) is 0.375. The molecule has 1 saturated heterocycles. The second-order valence-corrected chi connectivity index (χ2v) is 10.5. The van der Waals surface area contributed by atoms with Gasteiger partial charge in [0.05, 0.1) is 17.1 Å². The van der Waals surface area contributed by atoms with Crippen LogP contribution in [0.2, 0.25) is 10.0 Å². The fourth-order valence-electron chi connectivity index (χ4n) is 2.71. The highest BCUT2D eigenvalue weighted by Gasteiger charge is 2.23. The van der Waals surface area contributed by atoms with Crippen molar-refractivity contribution in [3.63, 3.8) is 0 Å². The molecule has 0 radical (unpaired) electrons. The molecule has 27 heavy (non-hydrogen) atoms. The minimum absolute atomic E-state index is 0.00611. The number of sulfonamides is 1. The third kappa shape index (κ3) is 5.08. The lowest BCUT2D eigenvalue weighted by Crippen LogP contribution is -2.38. The largest absolute Gasteiger partial charge is 0.341 e. The SMILES string of the molecule is Cc1cc(Cl)cc(Cl)c1S(=O)(=O)Nc1nc(CC(=O)N2CCSCC2)cs1. The van der Waals surface area contributed by atoms with Crippen LogP contribution in [-0.2, 0) is 21.2 Å². The molecule has 1 amide bonds. The number of halogens is 2. The van der Waals surface area contributed by atoms with E-state index in [1.165, 1.54) is 12.1 Å². The predicted octanol–water partition coefficient (Wildman–Crippen LogP) is 3.68. The van der Waals surface area contributed by atoms with Gasteiger partial charge in [-0.25, -0.2) is 13.4 Å². The van der Waals surface area contributed by atoms with Gasteiger partial charge < -0.3 is 4.90 Å². The maximum atomic E-state index is 12.7. The Balaban J connectivity index is 1.72. The van der Waals surface area contributed by atoms with E-state index in [2.05, 4.69) is 9.71 Å². The van der Waals surface area contributed by atoms with E-state index < -0.39 is 10.0 Å². The Hall–Kier alpha value is -1.000. The van der Waals surface area contributed by atoms with Crippen molar-refractivity contribution in [1.82, 2.24) is 9.88 Å². The molecule has 0 saturated carbocycles. The highest BCUT2D eigenvalue weighted by atomic mass is 35.5. The summed E-state index contributed by atoms with van der Waals surface area (Å²) in [5, 5.41) is 2.28. The number of thiazole rings is 1. The molecule has 0 aliphatic carbocycles. The molecular weight excluding hydrogens is 449 g/mol. The summed E-state index contributed by atoms with van der Waals surface area (Å²) in [7, 11) is -3.92. The van der Waals surface area contributed by atoms with Crippen LogP contribution < -0.4 is 4.72 Å². The number of amides is 1. The number of nitrogens with one attached hydrogen (secondary N) is 1. The zero-order valence-electron chi connectivity index (χ0n) is 14.4. The van der Waals surface area contributed by atoms with Crippen LogP contribution >= 0.6 is 46.3 Å². The Bertz CT molecular complexity index is 934. The highest BCUT2D eigenvalue weighted by molar-refractivity contribution is 7.99. The first kappa shape index (κ1) is 20.7. The van der Waals surface area contributed by atoms with Crippen LogP contribution in [0.4, 0.5) is 5.13 Å². The molecule has 0 bridgehead atoms. The van der Waals surface area contributed by atoms with E-state index in [0.717, 1.165) is 35.9 Å². The van der Waals surface area contributed by atoms with Crippen LogP contribution in [-0.4, -0.2) is 48.8 Å². The Morgan fingerprint density at radius 3 is 2.67 bits per heavy atom. The molecule has 6 nitrogen and oxygen atoms in total. The van der Waals surface area contributed by atoms with E-state index in [1.54, 1.807) is 12.3 Å². The first-order chi connectivity index (χ1) is 12.8. The molecule has 2 aromatic rings. The second-order valence-electron chi connectivity index (χ2n) is 5.95. The van der Waals surface area contributed by atoms with Crippen LogP contribution in [0.1, 0.15) is 11.3 Å². The summed E-state index contributed by atoms with van der Waals surface area (Å²) in [5.41, 5.74) is 0.981. The van der Waals surface area contributed by atoms with Gasteiger partial charge in [0.2, 0.25) is 5.91 Å². The monoisotopic (exact) mass is 465 g/mol. The van der Waals surface area contributed by atoms with Gasteiger partial charge in [-0.05, 0) is 24.6 Å². The molecule has 1 aromatic heterocycles. The van der Waals surface area contributed by atoms with Crippen molar-refractivity contribution in [3.8, 4) is 0 Å². The van der Waals surface area contributed by atoms with Crippen molar-refractivity contribution in [1.29, 1.82) is 0 Å². The Labute approximate surface area is 176 Å². The molecule has 146 valence electrons. The zero-order chi connectivity index (χ0) is 19.6. The van der Waals surface area contributed by atoms with E-state index in [4.69, 9.17) is 23.2 Å². The van der Waals surface area contributed by atoms with E-state index in [1.807, 2.05) is 16.7 Å². The van der Waals surface area contributed by atoms with Crippen LogP contribution in [0.15, 0.2) is 22.4 Å². The number of aromatic nitrogens is 1. The molecule has 11 heteroatoms. The number of nitrogens with zero attached hydrogens (tertiary/aromatic N) is 2. The number of carbonyl (C=O) groups is 1. The Kier molecular flexibility index (Phi) is 6.58. The number of carbonyl (C=O) groups excluding carboxylic acids is 1. The van der Waals surface area contributed by atoms with Crippen molar-refractivity contribution in [3.05, 3.63) is 38.8 Å². The molecule has 1 fully saturated rings. The quantitative estimate of drug-likeness (QED) is 0.728. The van der Waals surface area contributed by atoms with E-state index in [0.29, 0.717) is 16.3 Å². The van der Waals surface area contributed by atoms with Gasteiger partial charge in [0, 0.05) is 35.0 Å². The molecule has 1 aromatic carbocycles. The van der Waals surface area contributed by atoms with Crippen molar-refractivity contribution in [2.45, 2.75) is 18.2 Å². The number of anilines is 1. The summed E-state index contributed by atoms with van der Waals surface area (Å²) in [4.78, 5) is 18.3. The first-order valence-corrected chi connectivity index (χ1v) is 12.3. The highest BCUT2D eigenvalue weighted by Crippen LogP contribution is 2.31. The van der Waals surface area contributed by atoms with Crippen molar-refractivity contribution < 1.29 is 13.2 Å². The van der Waals surface area contributed by atoms with Gasteiger partial charge in [-0.3, -0.25) is 9.52 Å². The molecule has 0 atom stereocenters. The third-order valence-electron chi connectivity index (χ3n) is 3.93. The van der Waals surface area contributed by atoms with Crippen molar-refractivity contribution in [2.75, 3.05) is 29.3 Å². The minimum atomic E-state index is -3.92. The van der Waals surface area contributed by atoms with Crippen LogP contribution in [0.25, 0.3) is 0 Å². The van der Waals surface area contributed by atoms with Gasteiger partial charge in [0.1, 0.15) is 4.90 Å². The van der Waals surface area contributed by atoms with Crippen molar-refractivity contribution in [2.24, 2.45) is 0 Å². The normalized spacial score (nSPS) is 15.0. The van der Waals surface area contributed by atoms with E-state index >= 15 is 0 Å². The molecule has 2 heterocycles. The summed E-state index contributed by atoms with van der Waals surface area (Å²) in [6.07, 6.45) is 0.156. The topological polar surface area (TPSA) is 79.4 Å². The van der Waals surface area contributed by atoms with E-state index in [9.17, 15) is 13.2 Å². The molecule has 0 spiro atoms. The number of thioether (sulfide) groups is 1. The molecule has 1 aliphatic rings. The van der Waals surface area contributed by atoms with Crippen LogP contribution in [0, 0.1) is 6.92 Å². The summed E-state index contributed by atoms with van der Waals surface area (Å²) in [6, 6.07) is 2.92.